The van der Waals surface area contributed by atoms with E-state index in [2.05, 4.69) is 23.3 Å². The van der Waals surface area contributed by atoms with Crippen molar-refractivity contribution in [2.24, 2.45) is 0 Å². The number of benzene rings is 2. The number of nitrogens with zero attached hydrogens (tertiary/aromatic N) is 2. The monoisotopic (exact) mass is 354 g/mol. The van der Waals surface area contributed by atoms with Gasteiger partial charge in [-0.2, -0.15) is 4.98 Å². The minimum absolute atomic E-state index is 0.613. The summed E-state index contributed by atoms with van der Waals surface area (Å²) in [5.41, 5.74) is 2.11. The largest absolute Gasteiger partial charge is 0.493 e. The van der Waals surface area contributed by atoms with Crippen molar-refractivity contribution in [1.82, 2.24) is 10.1 Å². The first-order chi connectivity index (χ1) is 12.7. The van der Waals surface area contributed by atoms with Crippen LogP contribution >= 0.6 is 0 Å². The van der Waals surface area contributed by atoms with Crippen LogP contribution < -0.4 is 14.4 Å². The summed E-state index contributed by atoms with van der Waals surface area (Å²) in [4.78, 5) is 5.73. The molecule has 1 atom stereocenters. The Morgan fingerprint density at radius 1 is 1.04 bits per heavy atom. The molecule has 0 radical (unpaired) electrons. The van der Waals surface area contributed by atoms with E-state index in [9.17, 15) is 0 Å². The van der Waals surface area contributed by atoms with E-state index in [4.69, 9.17) is 14.0 Å². The van der Waals surface area contributed by atoms with Gasteiger partial charge in [-0.1, -0.05) is 35.5 Å². The van der Waals surface area contributed by atoms with Crippen LogP contribution in [0, 0.1) is 0 Å². The van der Waals surface area contributed by atoms with E-state index in [1.54, 1.807) is 7.11 Å². The first-order valence-corrected chi connectivity index (χ1v) is 8.68. The second kappa shape index (κ2) is 8.49. The fourth-order valence-electron chi connectivity index (χ4n) is 2.80. The molecule has 26 heavy (non-hydrogen) atoms. The van der Waals surface area contributed by atoms with Gasteiger partial charge in [0.15, 0.2) is 18.0 Å². The fourth-order valence-corrected chi connectivity index (χ4v) is 2.80. The van der Waals surface area contributed by atoms with Crippen molar-refractivity contribution in [3.63, 3.8) is 0 Å². The molecule has 6 nitrogen and oxygen atoms in total. The molecule has 1 unspecified atom stereocenters. The van der Waals surface area contributed by atoms with E-state index in [0.717, 1.165) is 29.2 Å². The van der Waals surface area contributed by atoms with Crippen LogP contribution in [0.3, 0.4) is 0 Å². The maximum atomic E-state index is 5.56. The topological polar surface area (TPSA) is 61.8 Å². The lowest BCUT2D eigenvalue weighted by molar-refractivity contribution is -0.909. The van der Waals surface area contributed by atoms with E-state index in [1.165, 1.54) is 4.90 Å². The van der Waals surface area contributed by atoms with Gasteiger partial charge >= 0.3 is 0 Å². The highest BCUT2D eigenvalue weighted by Gasteiger charge is 2.14. The molecule has 1 heterocycles. The lowest BCUT2D eigenvalue weighted by Crippen LogP contribution is -3.06. The van der Waals surface area contributed by atoms with Gasteiger partial charge in [-0.15, -0.1) is 0 Å². The van der Waals surface area contributed by atoms with Crippen molar-refractivity contribution in [2.75, 3.05) is 20.8 Å². The minimum Gasteiger partial charge on any atom is -0.493 e. The van der Waals surface area contributed by atoms with Crippen LogP contribution in [0.1, 0.15) is 18.4 Å². The summed E-state index contributed by atoms with van der Waals surface area (Å²) in [6, 6.07) is 15.8. The quantitative estimate of drug-likeness (QED) is 0.673. The normalized spacial score (nSPS) is 12.0. The Labute approximate surface area is 153 Å². The van der Waals surface area contributed by atoms with E-state index in [0.29, 0.717) is 24.9 Å². The van der Waals surface area contributed by atoms with Crippen molar-refractivity contribution in [3.05, 3.63) is 60.0 Å². The molecule has 0 aliphatic carbocycles. The lowest BCUT2D eigenvalue weighted by atomic mass is 10.2. The Kier molecular flexibility index (Phi) is 5.86. The molecule has 3 aromatic rings. The van der Waals surface area contributed by atoms with E-state index in [-0.39, 0.29) is 0 Å². The molecular formula is C20H24N3O3+. The molecule has 0 aliphatic heterocycles. The smallest absolute Gasteiger partial charge is 0.282 e. The maximum absolute atomic E-state index is 5.56. The Bertz CT molecular complexity index is 833. The van der Waals surface area contributed by atoms with E-state index >= 15 is 0 Å². The van der Waals surface area contributed by atoms with Gasteiger partial charge in [0.1, 0.15) is 6.54 Å². The predicted octanol–water partition coefficient (Wildman–Crippen LogP) is 2.36. The van der Waals surface area contributed by atoms with Gasteiger partial charge in [-0.3, -0.25) is 0 Å². The van der Waals surface area contributed by atoms with Crippen LogP contribution in [0.25, 0.3) is 11.4 Å². The second-order valence-electron chi connectivity index (χ2n) is 6.11. The zero-order valence-corrected chi connectivity index (χ0v) is 15.4. The zero-order chi connectivity index (χ0) is 18.4. The summed E-state index contributed by atoms with van der Waals surface area (Å²) in [6.07, 6.45) is 0. The second-order valence-corrected chi connectivity index (χ2v) is 6.11. The van der Waals surface area contributed by atoms with Gasteiger partial charge in [0.2, 0.25) is 5.82 Å². The fraction of sp³-hybridized carbons (Fsp3) is 0.300. The third kappa shape index (κ3) is 4.40. The highest BCUT2D eigenvalue weighted by atomic mass is 16.5. The van der Waals surface area contributed by atoms with E-state index in [1.807, 2.05) is 49.4 Å². The molecule has 0 amide bonds. The number of rotatable bonds is 8. The van der Waals surface area contributed by atoms with Crippen molar-refractivity contribution >= 4 is 0 Å². The van der Waals surface area contributed by atoms with Crippen LogP contribution in [0.2, 0.25) is 0 Å². The van der Waals surface area contributed by atoms with Crippen molar-refractivity contribution < 1.29 is 18.9 Å². The maximum Gasteiger partial charge on any atom is 0.282 e. The number of hydrogen-bond acceptors (Lipinski definition) is 5. The van der Waals surface area contributed by atoms with Gasteiger partial charge in [0.25, 0.3) is 5.89 Å². The molecule has 1 N–H and O–H groups in total. The molecule has 136 valence electrons. The van der Waals surface area contributed by atoms with Crippen molar-refractivity contribution in [3.8, 4) is 22.9 Å². The van der Waals surface area contributed by atoms with Crippen molar-refractivity contribution in [2.45, 2.75) is 20.0 Å². The number of hydrogen-bond donors (Lipinski definition) is 1. The molecular weight excluding hydrogens is 330 g/mol. The first-order valence-electron chi connectivity index (χ1n) is 8.68. The van der Waals surface area contributed by atoms with Gasteiger partial charge in [-0.05, 0) is 25.1 Å². The molecule has 0 saturated carbocycles. The standard InChI is InChI=1S/C20H23N3O3/c1-4-25-17-11-10-15(12-18(17)24-3)13-23(2)14-19-21-20(22-26-19)16-8-6-5-7-9-16/h5-12H,4,13-14H2,1-3H3/p+1. The van der Waals surface area contributed by atoms with E-state index < -0.39 is 0 Å². The summed E-state index contributed by atoms with van der Waals surface area (Å²) in [5, 5.41) is 4.07. The molecule has 6 heteroatoms. The molecule has 0 bridgehead atoms. The van der Waals surface area contributed by atoms with Crippen molar-refractivity contribution in [1.29, 1.82) is 0 Å². The summed E-state index contributed by atoms with van der Waals surface area (Å²) in [5.74, 6) is 2.76. The summed E-state index contributed by atoms with van der Waals surface area (Å²) in [7, 11) is 3.75. The number of quaternary nitrogens is 1. The van der Waals surface area contributed by atoms with Crippen LogP contribution in [-0.2, 0) is 13.1 Å². The van der Waals surface area contributed by atoms with Gasteiger partial charge in [-0.25, -0.2) is 0 Å². The summed E-state index contributed by atoms with van der Waals surface area (Å²) < 4.78 is 16.4. The number of ether oxygens (including phenoxy) is 2. The average molecular weight is 354 g/mol. The molecule has 1 aromatic heterocycles. The molecule has 0 saturated heterocycles. The highest BCUT2D eigenvalue weighted by molar-refractivity contribution is 5.53. The molecule has 3 rings (SSSR count). The predicted molar refractivity (Wildman–Crippen MR) is 98.2 cm³/mol. The molecule has 0 fully saturated rings. The Balaban J connectivity index is 1.64. The number of nitrogens with one attached hydrogen (secondary N) is 1. The summed E-state index contributed by atoms with van der Waals surface area (Å²) in [6.45, 7) is 4.03. The zero-order valence-electron chi connectivity index (χ0n) is 15.4. The Morgan fingerprint density at radius 3 is 2.58 bits per heavy atom. The third-order valence-electron chi connectivity index (χ3n) is 3.99. The SMILES string of the molecule is CCOc1ccc(C[NH+](C)Cc2nc(-c3ccccc3)no2)cc1OC. The Morgan fingerprint density at radius 2 is 1.85 bits per heavy atom. The minimum atomic E-state index is 0.613. The average Bonchev–Trinajstić information content (AvgIpc) is 3.12. The highest BCUT2D eigenvalue weighted by Crippen LogP contribution is 2.27. The lowest BCUT2D eigenvalue weighted by Gasteiger charge is -2.14. The van der Waals surface area contributed by atoms with Crippen LogP contribution in [0.15, 0.2) is 53.1 Å². The number of methoxy groups -OCH3 is 1. The summed E-state index contributed by atoms with van der Waals surface area (Å²) >= 11 is 0. The first kappa shape index (κ1) is 17.9. The van der Waals surface area contributed by atoms with Gasteiger partial charge in [0, 0.05) is 11.1 Å². The van der Waals surface area contributed by atoms with Crippen LogP contribution in [-0.4, -0.2) is 30.9 Å². The van der Waals surface area contributed by atoms with Gasteiger partial charge < -0.3 is 18.9 Å². The van der Waals surface area contributed by atoms with Crippen LogP contribution in [0.5, 0.6) is 11.5 Å². The third-order valence-corrected chi connectivity index (χ3v) is 3.99. The van der Waals surface area contributed by atoms with Crippen LogP contribution in [0.4, 0.5) is 0 Å². The van der Waals surface area contributed by atoms with Gasteiger partial charge in [0.05, 0.1) is 20.8 Å². The Hall–Kier alpha value is -2.86. The molecule has 0 aliphatic rings. The molecule has 0 spiro atoms. The number of aromatic nitrogens is 2. The molecule has 2 aromatic carbocycles.